The standard InChI is InChI=1S/C17H19Cl2N5O3S/c18-13-2-3-14(15(19)12-13)16(25)20-6-11-28(26,27)24-9-7-23(8-10-24)17-21-4-1-5-22-17/h1-5,12H,6-11H2,(H,20,25). The van der Waals surface area contributed by atoms with Crippen molar-refractivity contribution in [1.29, 1.82) is 0 Å². The molecule has 0 atom stereocenters. The zero-order chi connectivity index (χ0) is 20.1. The Hall–Kier alpha value is -1.94. The topological polar surface area (TPSA) is 95.5 Å². The van der Waals surface area contributed by atoms with E-state index in [-0.39, 0.29) is 22.9 Å². The van der Waals surface area contributed by atoms with Crippen LogP contribution in [0.5, 0.6) is 0 Å². The second-order valence-electron chi connectivity index (χ2n) is 6.13. The quantitative estimate of drug-likeness (QED) is 0.729. The predicted octanol–water partition coefficient (Wildman–Crippen LogP) is 1.67. The minimum Gasteiger partial charge on any atom is -0.351 e. The third kappa shape index (κ3) is 5.11. The van der Waals surface area contributed by atoms with Crippen molar-refractivity contribution in [3.05, 3.63) is 52.3 Å². The highest BCUT2D eigenvalue weighted by Gasteiger charge is 2.27. The van der Waals surface area contributed by atoms with Gasteiger partial charge in [0.2, 0.25) is 16.0 Å². The van der Waals surface area contributed by atoms with E-state index in [9.17, 15) is 13.2 Å². The molecule has 0 spiro atoms. The second kappa shape index (κ2) is 9.04. The summed E-state index contributed by atoms with van der Waals surface area (Å²) in [6.45, 7) is 1.70. The van der Waals surface area contributed by atoms with Gasteiger partial charge >= 0.3 is 0 Å². The summed E-state index contributed by atoms with van der Waals surface area (Å²) in [6, 6.07) is 6.24. The van der Waals surface area contributed by atoms with Gasteiger partial charge in [0.05, 0.1) is 16.3 Å². The molecule has 1 N–H and O–H groups in total. The molecular weight excluding hydrogens is 425 g/mol. The van der Waals surface area contributed by atoms with Gasteiger partial charge < -0.3 is 10.2 Å². The molecule has 0 radical (unpaired) electrons. The Morgan fingerprint density at radius 3 is 2.43 bits per heavy atom. The van der Waals surface area contributed by atoms with Crippen LogP contribution in [0.3, 0.4) is 0 Å². The van der Waals surface area contributed by atoms with E-state index in [1.165, 1.54) is 16.4 Å². The van der Waals surface area contributed by atoms with Crippen molar-refractivity contribution in [3.8, 4) is 0 Å². The zero-order valence-electron chi connectivity index (χ0n) is 14.9. The first-order valence-corrected chi connectivity index (χ1v) is 11.0. The number of hydrogen-bond acceptors (Lipinski definition) is 6. The Bertz CT molecular complexity index is 935. The molecule has 1 aromatic carbocycles. The molecule has 8 nitrogen and oxygen atoms in total. The predicted molar refractivity (Wildman–Crippen MR) is 108 cm³/mol. The number of aromatic nitrogens is 2. The van der Waals surface area contributed by atoms with Crippen LogP contribution in [0.4, 0.5) is 5.95 Å². The van der Waals surface area contributed by atoms with Crippen LogP contribution in [0.15, 0.2) is 36.7 Å². The summed E-state index contributed by atoms with van der Waals surface area (Å²) < 4.78 is 26.5. The van der Waals surface area contributed by atoms with Gasteiger partial charge in [-0.25, -0.2) is 18.4 Å². The maximum absolute atomic E-state index is 12.5. The summed E-state index contributed by atoms with van der Waals surface area (Å²) in [6.07, 6.45) is 3.31. The minimum atomic E-state index is -3.49. The van der Waals surface area contributed by atoms with Crippen molar-refractivity contribution in [3.63, 3.8) is 0 Å². The fourth-order valence-electron chi connectivity index (χ4n) is 2.81. The van der Waals surface area contributed by atoms with Gasteiger partial charge in [0, 0.05) is 50.1 Å². The number of amides is 1. The van der Waals surface area contributed by atoms with E-state index in [0.29, 0.717) is 37.1 Å². The lowest BCUT2D eigenvalue weighted by Crippen LogP contribution is -2.50. The number of halogens is 2. The number of sulfonamides is 1. The van der Waals surface area contributed by atoms with Crippen LogP contribution in [0.1, 0.15) is 10.4 Å². The summed E-state index contributed by atoms with van der Waals surface area (Å²) in [4.78, 5) is 22.5. The fraction of sp³-hybridized carbons (Fsp3) is 0.353. The Balaban J connectivity index is 1.50. The number of carbonyl (C=O) groups is 1. The molecule has 1 saturated heterocycles. The van der Waals surface area contributed by atoms with E-state index in [0.717, 1.165) is 0 Å². The third-order valence-corrected chi connectivity index (χ3v) is 6.71. The number of benzene rings is 1. The van der Waals surface area contributed by atoms with Gasteiger partial charge in [-0.1, -0.05) is 23.2 Å². The van der Waals surface area contributed by atoms with Gasteiger partial charge in [-0.3, -0.25) is 4.79 Å². The number of hydrogen-bond donors (Lipinski definition) is 1. The molecule has 1 aliphatic rings. The summed E-state index contributed by atoms with van der Waals surface area (Å²) in [7, 11) is -3.49. The minimum absolute atomic E-state index is 0.0118. The third-order valence-electron chi connectivity index (χ3n) is 4.29. The van der Waals surface area contributed by atoms with Crippen LogP contribution >= 0.6 is 23.2 Å². The number of rotatable bonds is 6. The van der Waals surface area contributed by atoms with Crippen molar-refractivity contribution in [2.75, 3.05) is 43.4 Å². The molecule has 11 heteroatoms. The Morgan fingerprint density at radius 2 is 1.79 bits per heavy atom. The SMILES string of the molecule is O=C(NCCS(=O)(=O)N1CCN(c2ncccn2)CC1)c1ccc(Cl)cc1Cl. The van der Waals surface area contributed by atoms with Gasteiger partial charge in [0.25, 0.3) is 5.91 Å². The molecule has 1 aromatic heterocycles. The number of nitrogens with zero attached hydrogens (tertiary/aromatic N) is 4. The number of nitrogens with one attached hydrogen (secondary N) is 1. The van der Waals surface area contributed by atoms with Crippen LogP contribution in [-0.2, 0) is 10.0 Å². The molecule has 1 aliphatic heterocycles. The van der Waals surface area contributed by atoms with Gasteiger partial charge in [-0.05, 0) is 24.3 Å². The monoisotopic (exact) mass is 443 g/mol. The van der Waals surface area contributed by atoms with Crippen LogP contribution in [0, 0.1) is 0 Å². The van der Waals surface area contributed by atoms with E-state index in [1.807, 2.05) is 4.90 Å². The Labute approximate surface area is 173 Å². The number of carbonyl (C=O) groups excluding carboxylic acids is 1. The van der Waals surface area contributed by atoms with E-state index < -0.39 is 15.9 Å². The van der Waals surface area contributed by atoms with E-state index >= 15 is 0 Å². The highest BCUT2D eigenvalue weighted by atomic mass is 35.5. The van der Waals surface area contributed by atoms with Crippen molar-refractivity contribution >= 4 is 45.1 Å². The highest BCUT2D eigenvalue weighted by Crippen LogP contribution is 2.20. The molecule has 28 heavy (non-hydrogen) atoms. The number of anilines is 1. The molecule has 0 unspecified atom stereocenters. The summed E-state index contributed by atoms with van der Waals surface area (Å²) in [5.41, 5.74) is 0.250. The fourth-order valence-corrected chi connectivity index (χ4v) is 4.64. The molecule has 0 aliphatic carbocycles. The first kappa shape index (κ1) is 20.8. The van der Waals surface area contributed by atoms with Gasteiger partial charge in [0.15, 0.2) is 0 Å². The molecule has 0 bridgehead atoms. The molecule has 2 aromatic rings. The van der Waals surface area contributed by atoms with Gasteiger partial charge in [-0.15, -0.1) is 0 Å². The largest absolute Gasteiger partial charge is 0.351 e. The summed E-state index contributed by atoms with van der Waals surface area (Å²) in [5.74, 6) is -0.0410. The van der Waals surface area contributed by atoms with Crippen LogP contribution in [0.25, 0.3) is 0 Å². The Kier molecular flexibility index (Phi) is 6.71. The van der Waals surface area contributed by atoms with Crippen LogP contribution < -0.4 is 10.2 Å². The van der Waals surface area contributed by atoms with Crippen LogP contribution in [0.2, 0.25) is 10.0 Å². The average molecular weight is 444 g/mol. The number of piperazine rings is 1. The normalized spacial score (nSPS) is 15.4. The van der Waals surface area contributed by atoms with E-state index in [2.05, 4.69) is 15.3 Å². The summed E-state index contributed by atoms with van der Waals surface area (Å²) >= 11 is 11.8. The van der Waals surface area contributed by atoms with Crippen molar-refractivity contribution in [2.45, 2.75) is 0 Å². The van der Waals surface area contributed by atoms with Crippen molar-refractivity contribution < 1.29 is 13.2 Å². The first-order valence-electron chi connectivity index (χ1n) is 8.60. The first-order chi connectivity index (χ1) is 13.4. The maximum atomic E-state index is 12.5. The maximum Gasteiger partial charge on any atom is 0.252 e. The van der Waals surface area contributed by atoms with Crippen molar-refractivity contribution in [2.24, 2.45) is 0 Å². The molecular formula is C17H19Cl2N5O3S. The summed E-state index contributed by atoms with van der Waals surface area (Å²) in [5, 5.41) is 3.22. The lowest BCUT2D eigenvalue weighted by atomic mass is 10.2. The molecule has 3 rings (SSSR count). The van der Waals surface area contributed by atoms with Gasteiger partial charge in [-0.2, -0.15) is 4.31 Å². The lowest BCUT2D eigenvalue weighted by Gasteiger charge is -2.33. The van der Waals surface area contributed by atoms with E-state index in [4.69, 9.17) is 23.2 Å². The molecule has 0 saturated carbocycles. The van der Waals surface area contributed by atoms with Crippen molar-refractivity contribution in [1.82, 2.24) is 19.6 Å². The lowest BCUT2D eigenvalue weighted by molar-refractivity contribution is 0.0956. The van der Waals surface area contributed by atoms with Crippen LogP contribution in [-0.4, -0.2) is 67.1 Å². The molecule has 1 fully saturated rings. The molecule has 150 valence electrons. The molecule has 2 heterocycles. The van der Waals surface area contributed by atoms with Gasteiger partial charge in [0.1, 0.15) is 0 Å². The van der Waals surface area contributed by atoms with E-state index in [1.54, 1.807) is 24.5 Å². The highest BCUT2D eigenvalue weighted by molar-refractivity contribution is 7.89. The zero-order valence-corrected chi connectivity index (χ0v) is 17.2. The smallest absolute Gasteiger partial charge is 0.252 e. The average Bonchev–Trinajstić information content (AvgIpc) is 2.68. The molecule has 1 amide bonds. The Morgan fingerprint density at radius 1 is 1.11 bits per heavy atom. The second-order valence-corrected chi connectivity index (χ2v) is 9.06.